The number of halogens is 1. The van der Waals surface area contributed by atoms with Crippen LogP contribution in [0.5, 0.6) is 0 Å². The lowest BCUT2D eigenvalue weighted by atomic mass is 9.73. The molecule has 19 heavy (non-hydrogen) atoms. The van der Waals surface area contributed by atoms with E-state index < -0.39 is 5.54 Å². The Balaban J connectivity index is 2.19. The van der Waals surface area contributed by atoms with Crippen molar-refractivity contribution in [3.8, 4) is 0 Å². The number of hydrogen-bond acceptors (Lipinski definition) is 3. The minimum absolute atomic E-state index is 0.179. The molecular formula is C15H17FN2S. The molecule has 0 amide bonds. The van der Waals surface area contributed by atoms with Crippen LogP contribution in [0.3, 0.4) is 0 Å². The van der Waals surface area contributed by atoms with Crippen LogP contribution in [0.1, 0.15) is 36.8 Å². The minimum atomic E-state index is -0.552. The Morgan fingerprint density at radius 2 is 2.21 bits per heavy atom. The Labute approximate surface area is 117 Å². The monoisotopic (exact) mass is 276 g/mol. The maximum absolute atomic E-state index is 14.3. The molecule has 1 aliphatic carbocycles. The van der Waals surface area contributed by atoms with E-state index in [-0.39, 0.29) is 5.82 Å². The second-order valence-corrected chi connectivity index (χ2v) is 6.15. The van der Waals surface area contributed by atoms with Crippen molar-refractivity contribution in [1.82, 2.24) is 0 Å². The topological polar surface area (TPSA) is 38.4 Å². The molecule has 1 aromatic carbocycles. The summed E-state index contributed by atoms with van der Waals surface area (Å²) in [5, 5.41) is 2.61. The molecule has 1 atom stereocenters. The SMILES string of the molecule is Cc1ccc(F)c(C23CCCCC2=CSC(N)=N3)c1. The molecule has 2 nitrogen and oxygen atoms in total. The van der Waals surface area contributed by atoms with Crippen molar-refractivity contribution in [2.24, 2.45) is 10.7 Å². The van der Waals surface area contributed by atoms with Crippen molar-refractivity contribution in [3.63, 3.8) is 0 Å². The summed E-state index contributed by atoms with van der Waals surface area (Å²) in [6.07, 6.45) is 4.04. The van der Waals surface area contributed by atoms with E-state index in [1.54, 1.807) is 12.1 Å². The van der Waals surface area contributed by atoms with Crippen LogP contribution in [0.15, 0.2) is 34.2 Å². The lowest BCUT2D eigenvalue weighted by Crippen LogP contribution is -2.35. The van der Waals surface area contributed by atoms with E-state index in [9.17, 15) is 4.39 Å². The van der Waals surface area contributed by atoms with Crippen LogP contribution in [0, 0.1) is 12.7 Å². The highest BCUT2D eigenvalue weighted by atomic mass is 32.2. The van der Waals surface area contributed by atoms with E-state index in [1.807, 2.05) is 13.0 Å². The third kappa shape index (κ3) is 2.08. The fourth-order valence-corrected chi connectivity index (χ4v) is 3.80. The van der Waals surface area contributed by atoms with Gasteiger partial charge in [0.05, 0.1) is 0 Å². The van der Waals surface area contributed by atoms with Gasteiger partial charge >= 0.3 is 0 Å². The summed E-state index contributed by atoms with van der Waals surface area (Å²) in [7, 11) is 0. The van der Waals surface area contributed by atoms with Gasteiger partial charge in [-0.3, -0.25) is 0 Å². The molecule has 4 heteroatoms. The molecule has 100 valence electrons. The summed E-state index contributed by atoms with van der Waals surface area (Å²) in [6.45, 7) is 1.98. The molecule has 1 heterocycles. The first-order valence-electron chi connectivity index (χ1n) is 6.60. The quantitative estimate of drug-likeness (QED) is 0.846. The van der Waals surface area contributed by atoms with Gasteiger partial charge in [-0.05, 0) is 43.2 Å². The average Bonchev–Trinajstić information content (AvgIpc) is 2.41. The maximum Gasteiger partial charge on any atom is 0.159 e. The standard InChI is InChI=1S/C15H17FN2S/c1-10-5-6-13(16)12(8-10)15-7-3-2-4-11(15)9-19-14(17)18-15/h5-6,8-9H,2-4,7H2,1H3,(H2,17,18). The van der Waals surface area contributed by atoms with E-state index >= 15 is 0 Å². The van der Waals surface area contributed by atoms with Gasteiger partial charge in [0, 0.05) is 5.56 Å². The molecule has 0 saturated heterocycles. The lowest BCUT2D eigenvalue weighted by Gasteiger charge is -2.39. The number of benzene rings is 1. The second kappa shape index (κ2) is 4.67. The van der Waals surface area contributed by atoms with E-state index in [0.717, 1.165) is 31.2 Å². The number of nitrogens with two attached hydrogens (primary N) is 1. The van der Waals surface area contributed by atoms with Crippen LogP contribution in [-0.4, -0.2) is 5.17 Å². The Bertz CT molecular complexity index is 580. The average molecular weight is 276 g/mol. The molecule has 0 aromatic heterocycles. The predicted octanol–water partition coefficient (Wildman–Crippen LogP) is 3.85. The molecule has 3 rings (SSSR count). The first-order valence-corrected chi connectivity index (χ1v) is 7.48. The van der Waals surface area contributed by atoms with Gasteiger partial charge in [0.25, 0.3) is 0 Å². The minimum Gasteiger partial charge on any atom is -0.378 e. The Morgan fingerprint density at radius 1 is 1.37 bits per heavy atom. The zero-order valence-corrected chi connectivity index (χ0v) is 11.8. The van der Waals surface area contributed by atoms with Crippen LogP contribution in [-0.2, 0) is 5.54 Å². The van der Waals surface area contributed by atoms with E-state index in [1.165, 1.54) is 17.3 Å². The fourth-order valence-electron chi connectivity index (χ4n) is 3.02. The third-order valence-corrected chi connectivity index (χ3v) is 4.69. The number of aryl methyl sites for hydroxylation is 1. The van der Waals surface area contributed by atoms with Gasteiger partial charge in [0.2, 0.25) is 0 Å². The Morgan fingerprint density at radius 3 is 3.05 bits per heavy atom. The van der Waals surface area contributed by atoms with E-state index in [0.29, 0.717) is 10.7 Å². The molecule has 0 bridgehead atoms. The van der Waals surface area contributed by atoms with Gasteiger partial charge in [0.1, 0.15) is 11.4 Å². The highest BCUT2D eigenvalue weighted by Crippen LogP contribution is 2.48. The maximum atomic E-state index is 14.3. The molecule has 1 aromatic rings. The van der Waals surface area contributed by atoms with Crippen LogP contribution in [0.25, 0.3) is 0 Å². The zero-order valence-electron chi connectivity index (χ0n) is 10.9. The van der Waals surface area contributed by atoms with Gasteiger partial charge in [0.15, 0.2) is 5.17 Å². The number of amidine groups is 1. The summed E-state index contributed by atoms with van der Waals surface area (Å²) < 4.78 is 14.3. The van der Waals surface area contributed by atoms with Gasteiger partial charge in [-0.25, -0.2) is 9.38 Å². The van der Waals surface area contributed by atoms with Crippen LogP contribution in [0.2, 0.25) is 0 Å². The smallest absolute Gasteiger partial charge is 0.159 e. The molecule has 2 aliphatic rings. The first kappa shape index (κ1) is 12.7. The highest BCUT2D eigenvalue weighted by molar-refractivity contribution is 8.16. The number of thioether (sulfide) groups is 1. The molecule has 1 aliphatic heterocycles. The molecule has 2 N–H and O–H groups in total. The summed E-state index contributed by atoms with van der Waals surface area (Å²) in [5.74, 6) is -0.179. The van der Waals surface area contributed by atoms with E-state index in [2.05, 4.69) is 10.4 Å². The van der Waals surface area contributed by atoms with Crippen molar-refractivity contribution in [1.29, 1.82) is 0 Å². The van der Waals surface area contributed by atoms with Gasteiger partial charge in [-0.15, -0.1) is 0 Å². The molecule has 1 unspecified atom stereocenters. The summed E-state index contributed by atoms with van der Waals surface area (Å²) in [6, 6.07) is 5.26. The highest BCUT2D eigenvalue weighted by Gasteiger charge is 2.41. The van der Waals surface area contributed by atoms with Crippen LogP contribution >= 0.6 is 11.8 Å². The van der Waals surface area contributed by atoms with Crippen LogP contribution in [0.4, 0.5) is 4.39 Å². The third-order valence-electron chi connectivity index (χ3n) is 3.96. The molecule has 0 spiro atoms. The second-order valence-electron chi connectivity index (χ2n) is 5.26. The largest absolute Gasteiger partial charge is 0.378 e. The van der Waals surface area contributed by atoms with Gasteiger partial charge < -0.3 is 5.73 Å². The molecule has 1 saturated carbocycles. The summed E-state index contributed by atoms with van der Waals surface area (Å²) >= 11 is 1.45. The number of fused-ring (bicyclic) bond motifs is 1. The molecule has 1 fully saturated rings. The Kier molecular flexibility index (Phi) is 3.13. The van der Waals surface area contributed by atoms with Gasteiger partial charge in [-0.2, -0.15) is 0 Å². The van der Waals surface area contributed by atoms with Crippen molar-refractivity contribution in [2.45, 2.75) is 38.1 Å². The summed E-state index contributed by atoms with van der Waals surface area (Å²) in [5.41, 5.74) is 8.30. The normalized spacial score (nSPS) is 26.4. The number of hydrogen-bond donors (Lipinski definition) is 1. The van der Waals surface area contributed by atoms with Crippen molar-refractivity contribution < 1.29 is 4.39 Å². The molecule has 0 radical (unpaired) electrons. The Hall–Kier alpha value is -1.29. The van der Waals surface area contributed by atoms with Crippen molar-refractivity contribution >= 4 is 16.9 Å². The number of aliphatic imine (C=N–C) groups is 1. The van der Waals surface area contributed by atoms with Crippen molar-refractivity contribution in [3.05, 3.63) is 46.1 Å². The first-order chi connectivity index (χ1) is 9.12. The number of nitrogens with zero attached hydrogens (tertiary/aromatic N) is 1. The fraction of sp³-hybridized carbons (Fsp3) is 0.400. The number of rotatable bonds is 1. The lowest BCUT2D eigenvalue weighted by molar-refractivity contribution is 0.383. The van der Waals surface area contributed by atoms with Gasteiger partial charge in [-0.1, -0.05) is 35.9 Å². The molecular weight excluding hydrogens is 259 g/mol. The predicted molar refractivity (Wildman–Crippen MR) is 78.6 cm³/mol. The van der Waals surface area contributed by atoms with E-state index in [4.69, 9.17) is 5.73 Å². The zero-order chi connectivity index (χ0) is 13.5. The van der Waals surface area contributed by atoms with Crippen LogP contribution < -0.4 is 5.73 Å². The summed E-state index contributed by atoms with van der Waals surface area (Å²) in [4.78, 5) is 4.66. The van der Waals surface area contributed by atoms with Crippen molar-refractivity contribution in [2.75, 3.05) is 0 Å².